The van der Waals surface area contributed by atoms with Crippen molar-refractivity contribution in [3.05, 3.63) is 65.2 Å². The van der Waals surface area contributed by atoms with Crippen molar-refractivity contribution in [1.82, 2.24) is 0 Å². The van der Waals surface area contributed by atoms with Crippen LogP contribution in [0.5, 0.6) is 17.2 Å². The van der Waals surface area contributed by atoms with Gasteiger partial charge in [-0.3, -0.25) is 0 Å². The number of aryl methyl sites for hydroxylation is 3. The van der Waals surface area contributed by atoms with Crippen LogP contribution in [-0.4, -0.2) is 19.8 Å². The first-order valence-electron chi connectivity index (χ1n) is 10.3. The Morgan fingerprint density at radius 1 is 0.676 bits per heavy atom. The predicted octanol–water partition coefficient (Wildman–Crippen LogP) is 8.01. The summed E-state index contributed by atoms with van der Waals surface area (Å²) in [5.74, 6) is -0.623. The summed E-state index contributed by atoms with van der Waals surface area (Å²) in [6.45, 7) is 5.24. The summed E-state index contributed by atoms with van der Waals surface area (Å²) in [7, 11) is 1.40. The molecular formula is C25H22F6O3. The summed E-state index contributed by atoms with van der Waals surface area (Å²) in [6.07, 6.45) is -9.46. The molecule has 0 saturated heterocycles. The lowest BCUT2D eigenvalue weighted by molar-refractivity contribution is -0.275. The molecule has 0 atom stereocenters. The third-order valence-corrected chi connectivity index (χ3v) is 5.18. The average Bonchev–Trinajstić information content (AvgIpc) is 2.72. The van der Waals surface area contributed by atoms with Crippen molar-refractivity contribution in [2.45, 2.75) is 39.9 Å². The average molecular weight is 484 g/mol. The number of rotatable bonds is 6. The minimum Gasteiger partial charge on any atom is -0.496 e. The van der Waals surface area contributed by atoms with Crippen molar-refractivity contribution in [3.63, 3.8) is 0 Å². The fourth-order valence-corrected chi connectivity index (χ4v) is 3.74. The normalized spacial score (nSPS) is 11.9. The summed E-state index contributed by atoms with van der Waals surface area (Å²) in [6, 6.07) is 11.6. The maximum atomic E-state index is 13.3. The highest BCUT2D eigenvalue weighted by molar-refractivity contribution is 5.83. The lowest BCUT2D eigenvalue weighted by atomic mass is 9.90. The fraction of sp³-hybridized carbons (Fsp3) is 0.280. The van der Waals surface area contributed by atoms with Crippen molar-refractivity contribution in [3.8, 4) is 39.5 Å². The Labute approximate surface area is 192 Å². The highest BCUT2D eigenvalue weighted by Crippen LogP contribution is 2.44. The molecule has 0 N–H and O–H groups in total. The molecule has 0 unspecified atom stereocenters. The van der Waals surface area contributed by atoms with E-state index in [2.05, 4.69) is 9.47 Å². The molecule has 9 heteroatoms. The molecule has 0 spiro atoms. The summed E-state index contributed by atoms with van der Waals surface area (Å²) in [5, 5.41) is 0. The van der Waals surface area contributed by atoms with Crippen LogP contribution in [0.4, 0.5) is 26.3 Å². The van der Waals surface area contributed by atoms with Gasteiger partial charge in [0.25, 0.3) is 0 Å². The molecule has 34 heavy (non-hydrogen) atoms. The standard InChI is InChI=1S/C25H22F6O3/c1-5-16-7-8-17(33-24(26,27)28)12-19(16)18-13-23(34-25(29,30)31)21(11-15(18)3)20-10-14(2)6-9-22(20)32-4/h6-13H,5H2,1-4H3. The Bertz CT molecular complexity index is 1180. The Hall–Kier alpha value is -3.36. The zero-order valence-corrected chi connectivity index (χ0v) is 18.8. The van der Waals surface area contributed by atoms with Crippen LogP contribution in [0.2, 0.25) is 0 Å². The number of halogens is 6. The molecule has 182 valence electrons. The highest BCUT2D eigenvalue weighted by atomic mass is 19.4. The summed E-state index contributed by atoms with van der Waals surface area (Å²) >= 11 is 0. The first kappa shape index (κ1) is 25.3. The third kappa shape index (κ3) is 5.95. The van der Waals surface area contributed by atoms with Gasteiger partial charge in [-0.05, 0) is 78.9 Å². The molecule has 0 aliphatic rings. The molecule has 0 amide bonds. The van der Waals surface area contributed by atoms with Crippen molar-refractivity contribution >= 4 is 0 Å². The first-order valence-corrected chi connectivity index (χ1v) is 10.3. The Morgan fingerprint density at radius 3 is 1.91 bits per heavy atom. The Balaban J connectivity index is 2.27. The van der Waals surface area contributed by atoms with Crippen LogP contribution in [-0.2, 0) is 6.42 Å². The Morgan fingerprint density at radius 2 is 1.32 bits per heavy atom. The van der Waals surface area contributed by atoms with Gasteiger partial charge >= 0.3 is 12.7 Å². The van der Waals surface area contributed by atoms with E-state index < -0.39 is 24.2 Å². The van der Waals surface area contributed by atoms with Crippen molar-refractivity contribution in [1.29, 1.82) is 0 Å². The van der Waals surface area contributed by atoms with E-state index in [0.717, 1.165) is 5.56 Å². The molecule has 0 radical (unpaired) electrons. The number of alkyl halides is 6. The number of methoxy groups -OCH3 is 1. The number of ether oxygens (including phenoxy) is 3. The summed E-state index contributed by atoms with van der Waals surface area (Å²) in [5.41, 5.74) is 3.10. The van der Waals surface area contributed by atoms with Gasteiger partial charge in [-0.2, -0.15) is 0 Å². The molecule has 0 fully saturated rings. The van der Waals surface area contributed by atoms with E-state index in [-0.39, 0.29) is 5.56 Å². The van der Waals surface area contributed by atoms with Crippen LogP contribution < -0.4 is 14.2 Å². The molecule has 0 bridgehead atoms. The van der Waals surface area contributed by atoms with Crippen LogP contribution in [0.25, 0.3) is 22.3 Å². The van der Waals surface area contributed by atoms with Gasteiger partial charge in [-0.15, -0.1) is 26.3 Å². The lowest BCUT2D eigenvalue weighted by Gasteiger charge is -2.20. The second-order valence-corrected chi connectivity index (χ2v) is 7.64. The molecule has 3 rings (SSSR count). The molecule has 3 aromatic carbocycles. The van der Waals surface area contributed by atoms with E-state index in [9.17, 15) is 26.3 Å². The van der Waals surface area contributed by atoms with Gasteiger partial charge in [0, 0.05) is 11.1 Å². The van der Waals surface area contributed by atoms with Crippen molar-refractivity contribution in [2.75, 3.05) is 7.11 Å². The highest BCUT2D eigenvalue weighted by Gasteiger charge is 2.34. The largest absolute Gasteiger partial charge is 0.573 e. The van der Waals surface area contributed by atoms with Crippen LogP contribution in [0.3, 0.4) is 0 Å². The quantitative estimate of drug-likeness (QED) is 0.332. The van der Waals surface area contributed by atoms with Gasteiger partial charge < -0.3 is 14.2 Å². The second-order valence-electron chi connectivity index (χ2n) is 7.64. The van der Waals surface area contributed by atoms with Gasteiger partial charge in [-0.1, -0.05) is 24.6 Å². The SMILES string of the molecule is CCc1ccc(OC(F)(F)F)cc1-c1cc(OC(F)(F)F)c(-c2cc(C)ccc2OC)cc1C. The van der Waals surface area contributed by atoms with Crippen LogP contribution in [0.1, 0.15) is 23.6 Å². The molecule has 0 aliphatic carbocycles. The molecule has 0 aliphatic heterocycles. The predicted molar refractivity (Wildman–Crippen MR) is 116 cm³/mol. The Kier molecular flexibility index (Phi) is 7.05. The minimum absolute atomic E-state index is 0.139. The van der Waals surface area contributed by atoms with E-state index in [1.807, 2.05) is 0 Å². The van der Waals surface area contributed by atoms with Gasteiger partial charge in [0.2, 0.25) is 0 Å². The van der Waals surface area contributed by atoms with E-state index in [1.54, 1.807) is 39.0 Å². The number of benzene rings is 3. The smallest absolute Gasteiger partial charge is 0.496 e. The molecule has 0 saturated carbocycles. The van der Waals surface area contributed by atoms with E-state index in [1.165, 1.54) is 37.4 Å². The molecule has 3 nitrogen and oxygen atoms in total. The van der Waals surface area contributed by atoms with Crippen LogP contribution >= 0.6 is 0 Å². The number of hydrogen-bond donors (Lipinski definition) is 0. The summed E-state index contributed by atoms with van der Waals surface area (Å²) < 4.78 is 92.0. The lowest BCUT2D eigenvalue weighted by Crippen LogP contribution is -2.18. The zero-order valence-electron chi connectivity index (χ0n) is 18.8. The maximum absolute atomic E-state index is 13.3. The van der Waals surface area contributed by atoms with Crippen molar-refractivity contribution in [2.24, 2.45) is 0 Å². The van der Waals surface area contributed by atoms with Gasteiger partial charge in [-0.25, -0.2) is 0 Å². The maximum Gasteiger partial charge on any atom is 0.573 e. The van der Waals surface area contributed by atoms with Crippen molar-refractivity contribution < 1.29 is 40.6 Å². The molecule has 0 heterocycles. The monoisotopic (exact) mass is 484 g/mol. The molecule has 0 aromatic heterocycles. The molecule has 3 aromatic rings. The summed E-state index contributed by atoms with van der Waals surface area (Å²) in [4.78, 5) is 0. The number of hydrogen-bond acceptors (Lipinski definition) is 3. The van der Waals surface area contributed by atoms with E-state index in [4.69, 9.17) is 4.74 Å². The van der Waals surface area contributed by atoms with E-state index in [0.29, 0.717) is 40.0 Å². The van der Waals surface area contributed by atoms with Gasteiger partial charge in [0.05, 0.1) is 7.11 Å². The third-order valence-electron chi connectivity index (χ3n) is 5.18. The second kappa shape index (κ2) is 9.48. The minimum atomic E-state index is -4.99. The topological polar surface area (TPSA) is 27.7 Å². The van der Waals surface area contributed by atoms with Crippen LogP contribution in [0, 0.1) is 13.8 Å². The molecular weight excluding hydrogens is 462 g/mol. The zero-order chi connectivity index (χ0) is 25.3. The van der Waals surface area contributed by atoms with Gasteiger partial charge in [0.1, 0.15) is 17.2 Å². The van der Waals surface area contributed by atoms with E-state index >= 15 is 0 Å². The fourth-order valence-electron chi connectivity index (χ4n) is 3.74. The first-order chi connectivity index (χ1) is 15.8. The van der Waals surface area contributed by atoms with Crippen LogP contribution in [0.15, 0.2) is 48.5 Å². The van der Waals surface area contributed by atoms with Gasteiger partial charge in [0.15, 0.2) is 0 Å².